The smallest absolute Gasteiger partial charge is 0.223 e. The van der Waals surface area contributed by atoms with Crippen molar-refractivity contribution in [2.75, 3.05) is 12.3 Å². The minimum absolute atomic E-state index is 0.155. The topological polar surface area (TPSA) is 72.1 Å². The largest absolute Gasteiger partial charge is 0.383 e. The van der Waals surface area contributed by atoms with Crippen LogP contribution in [-0.2, 0) is 24.2 Å². The van der Waals surface area contributed by atoms with Gasteiger partial charge in [0.15, 0.2) is 0 Å². The number of carbonyl (C=O) groups excluding carboxylic acids is 1. The second kappa shape index (κ2) is 6.61. The van der Waals surface area contributed by atoms with Gasteiger partial charge in [-0.2, -0.15) is 0 Å². The lowest BCUT2D eigenvalue weighted by molar-refractivity contribution is -0.132. The Kier molecular flexibility index (Phi) is 4.31. The number of aromatic nitrogens is 2. The summed E-state index contributed by atoms with van der Waals surface area (Å²) < 4.78 is 0. The van der Waals surface area contributed by atoms with Crippen molar-refractivity contribution in [2.24, 2.45) is 0 Å². The molecule has 25 heavy (non-hydrogen) atoms. The molecule has 2 N–H and O–H groups in total. The molecule has 0 saturated carbocycles. The summed E-state index contributed by atoms with van der Waals surface area (Å²) in [6, 6.07) is 7.67. The zero-order chi connectivity index (χ0) is 17.4. The van der Waals surface area contributed by atoms with Crippen molar-refractivity contribution in [3.63, 3.8) is 0 Å². The molecule has 0 bridgehead atoms. The molecule has 0 aliphatic carbocycles. The molecule has 2 aromatic heterocycles. The van der Waals surface area contributed by atoms with E-state index in [1.807, 2.05) is 29.2 Å². The van der Waals surface area contributed by atoms with Gasteiger partial charge in [0.25, 0.3) is 0 Å². The molecule has 3 aromatic rings. The second-order valence-corrected chi connectivity index (χ2v) is 7.59. The van der Waals surface area contributed by atoms with Crippen LogP contribution in [0.3, 0.4) is 0 Å². The highest BCUT2D eigenvalue weighted by molar-refractivity contribution is 7.19. The zero-order valence-corrected chi connectivity index (χ0v) is 15.1. The molecule has 1 aliphatic heterocycles. The van der Waals surface area contributed by atoms with Gasteiger partial charge in [0.2, 0.25) is 5.91 Å². The van der Waals surface area contributed by atoms with E-state index < -0.39 is 0 Å². The molecule has 0 fully saturated rings. The lowest BCUT2D eigenvalue weighted by atomic mass is 10.0. The highest BCUT2D eigenvalue weighted by Gasteiger charge is 2.25. The summed E-state index contributed by atoms with van der Waals surface area (Å²) in [6.07, 6.45) is 3.41. The van der Waals surface area contributed by atoms with Gasteiger partial charge in [-0.05, 0) is 30.0 Å². The highest BCUT2D eigenvalue weighted by atomic mass is 35.5. The number of nitrogen functional groups attached to an aromatic ring is 1. The minimum atomic E-state index is 0.155. The van der Waals surface area contributed by atoms with Crippen LogP contribution in [0.2, 0.25) is 5.02 Å². The number of aryl methyl sites for hydroxylation is 1. The fraction of sp³-hybridized carbons (Fsp3) is 0.278. The average molecular weight is 373 g/mol. The Labute approximate surface area is 154 Å². The van der Waals surface area contributed by atoms with Gasteiger partial charge in [-0.3, -0.25) is 4.79 Å². The number of anilines is 1. The summed E-state index contributed by atoms with van der Waals surface area (Å²) in [5.74, 6) is 0.683. The normalized spacial score (nSPS) is 13.9. The highest BCUT2D eigenvalue weighted by Crippen LogP contribution is 2.36. The summed E-state index contributed by atoms with van der Waals surface area (Å²) in [4.78, 5) is 25.0. The van der Waals surface area contributed by atoms with Gasteiger partial charge in [0, 0.05) is 22.9 Å². The zero-order valence-electron chi connectivity index (χ0n) is 13.5. The third-order valence-corrected chi connectivity index (χ3v) is 6.08. The molecule has 0 saturated heterocycles. The number of rotatable bonds is 3. The maximum Gasteiger partial charge on any atom is 0.223 e. The Morgan fingerprint density at radius 1 is 1.32 bits per heavy atom. The van der Waals surface area contributed by atoms with E-state index in [1.165, 1.54) is 16.8 Å². The molecule has 1 amide bonds. The van der Waals surface area contributed by atoms with Gasteiger partial charge in [-0.15, -0.1) is 11.3 Å². The Bertz CT molecular complexity index is 955. The number of fused-ring (bicyclic) bond motifs is 3. The van der Waals surface area contributed by atoms with Crippen LogP contribution in [0.4, 0.5) is 5.82 Å². The number of halogens is 1. The molecule has 0 atom stereocenters. The van der Waals surface area contributed by atoms with Gasteiger partial charge >= 0.3 is 0 Å². The van der Waals surface area contributed by atoms with Crippen molar-refractivity contribution in [3.05, 3.63) is 51.6 Å². The van der Waals surface area contributed by atoms with Crippen LogP contribution in [0, 0.1) is 0 Å². The maximum absolute atomic E-state index is 12.6. The molecular weight excluding hydrogens is 356 g/mol. The number of nitrogens with zero attached hydrogens (tertiary/aromatic N) is 3. The summed E-state index contributed by atoms with van der Waals surface area (Å²) in [7, 11) is 0. The molecule has 128 valence electrons. The molecular formula is C18H17ClN4OS. The van der Waals surface area contributed by atoms with Gasteiger partial charge in [0.1, 0.15) is 17.0 Å². The van der Waals surface area contributed by atoms with Gasteiger partial charge < -0.3 is 10.6 Å². The van der Waals surface area contributed by atoms with Crippen molar-refractivity contribution in [1.82, 2.24) is 14.9 Å². The lowest BCUT2D eigenvalue weighted by Gasteiger charge is -2.27. The van der Waals surface area contributed by atoms with E-state index in [2.05, 4.69) is 9.97 Å². The third kappa shape index (κ3) is 3.07. The standard InChI is InChI=1S/C18H17ClN4OS/c19-13-4-2-1-3-11(13)5-6-15(24)23-8-7-12-14(9-23)25-18-16(12)17(20)21-10-22-18/h1-4,10H,5-9H2,(H2,20,21,22). The van der Waals surface area contributed by atoms with Crippen molar-refractivity contribution < 1.29 is 4.79 Å². The Balaban J connectivity index is 1.49. The summed E-state index contributed by atoms with van der Waals surface area (Å²) in [6.45, 7) is 1.33. The first-order chi connectivity index (χ1) is 12.1. The van der Waals surface area contributed by atoms with E-state index in [4.69, 9.17) is 17.3 Å². The number of hydrogen-bond acceptors (Lipinski definition) is 5. The third-order valence-electron chi connectivity index (χ3n) is 4.58. The number of thiophene rings is 1. The molecule has 3 heterocycles. The van der Waals surface area contributed by atoms with E-state index >= 15 is 0 Å². The number of carbonyl (C=O) groups is 1. The minimum Gasteiger partial charge on any atom is -0.383 e. The Morgan fingerprint density at radius 2 is 2.16 bits per heavy atom. The lowest BCUT2D eigenvalue weighted by Crippen LogP contribution is -2.35. The van der Waals surface area contributed by atoms with Crippen LogP contribution in [0.5, 0.6) is 0 Å². The van der Waals surface area contributed by atoms with Gasteiger partial charge in [0.05, 0.1) is 11.9 Å². The summed E-state index contributed by atoms with van der Waals surface area (Å²) in [5, 5.41) is 1.68. The molecule has 0 radical (unpaired) electrons. The van der Waals surface area contributed by atoms with E-state index in [0.29, 0.717) is 31.7 Å². The SMILES string of the molecule is Nc1ncnc2sc3c(c12)CCN(C(=O)CCc1ccccc1Cl)C3. The molecule has 5 nitrogen and oxygen atoms in total. The predicted octanol–water partition coefficient (Wildman–Crippen LogP) is 3.44. The Morgan fingerprint density at radius 3 is 3.00 bits per heavy atom. The fourth-order valence-corrected chi connectivity index (χ4v) is 4.71. The van der Waals surface area contributed by atoms with E-state index in [0.717, 1.165) is 27.2 Å². The number of benzene rings is 1. The molecule has 0 spiro atoms. The second-order valence-electron chi connectivity index (χ2n) is 6.10. The van der Waals surface area contributed by atoms with E-state index in [-0.39, 0.29) is 5.91 Å². The van der Waals surface area contributed by atoms with Gasteiger partial charge in [-0.25, -0.2) is 9.97 Å². The summed E-state index contributed by atoms with van der Waals surface area (Å²) >= 11 is 7.78. The number of amides is 1. The number of nitrogens with two attached hydrogens (primary N) is 1. The van der Waals surface area contributed by atoms with E-state index in [9.17, 15) is 4.79 Å². The molecule has 1 aromatic carbocycles. The van der Waals surface area contributed by atoms with Crippen LogP contribution in [0.1, 0.15) is 22.4 Å². The van der Waals surface area contributed by atoms with E-state index in [1.54, 1.807) is 11.3 Å². The quantitative estimate of drug-likeness (QED) is 0.764. The molecule has 4 rings (SSSR count). The molecule has 0 unspecified atom stereocenters. The van der Waals surface area contributed by atoms with Crippen molar-refractivity contribution in [1.29, 1.82) is 0 Å². The number of hydrogen-bond donors (Lipinski definition) is 1. The van der Waals surface area contributed by atoms with Crippen molar-refractivity contribution in [3.8, 4) is 0 Å². The predicted molar refractivity (Wildman–Crippen MR) is 101 cm³/mol. The fourth-order valence-electron chi connectivity index (χ4n) is 3.27. The van der Waals surface area contributed by atoms with Crippen molar-refractivity contribution in [2.45, 2.75) is 25.8 Å². The molecule has 7 heteroatoms. The van der Waals surface area contributed by atoms with Crippen LogP contribution in [0.15, 0.2) is 30.6 Å². The monoisotopic (exact) mass is 372 g/mol. The Hall–Kier alpha value is -2.18. The first-order valence-electron chi connectivity index (χ1n) is 8.15. The average Bonchev–Trinajstić information content (AvgIpc) is 2.99. The maximum atomic E-state index is 12.6. The first-order valence-corrected chi connectivity index (χ1v) is 9.35. The molecule has 1 aliphatic rings. The van der Waals surface area contributed by atoms with Crippen LogP contribution in [-0.4, -0.2) is 27.3 Å². The van der Waals surface area contributed by atoms with Gasteiger partial charge in [-0.1, -0.05) is 29.8 Å². The van der Waals surface area contributed by atoms with Crippen LogP contribution >= 0.6 is 22.9 Å². The summed E-state index contributed by atoms with van der Waals surface area (Å²) in [5.41, 5.74) is 8.22. The van der Waals surface area contributed by atoms with Crippen molar-refractivity contribution >= 4 is 44.9 Å². The van der Waals surface area contributed by atoms with Crippen LogP contribution in [0.25, 0.3) is 10.2 Å². The van der Waals surface area contributed by atoms with Crippen LogP contribution < -0.4 is 5.73 Å². The first kappa shape index (κ1) is 16.3.